The second-order valence-corrected chi connectivity index (χ2v) is 4.18. The smallest absolute Gasteiger partial charge is 0.232 e. The molecular formula is C12H13ClFNO. The van der Waals surface area contributed by atoms with Gasteiger partial charge in [-0.2, -0.15) is 0 Å². The Bertz CT molecular complexity index is 433. The normalized spacial score (nSPS) is 14.2. The summed E-state index contributed by atoms with van der Waals surface area (Å²) in [6, 6.07) is 4.20. The quantitative estimate of drug-likeness (QED) is 0.500. The van der Waals surface area contributed by atoms with Crippen LogP contribution in [0.4, 0.5) is 10.1 Å². The van der Waals surface area contributed by atoms with Crippen LogP contribution in [0.1, 0.15) is 18.9 Å². The van der Waals surface area contributed by atoms with Gasteiger partial charge in [0, 0.05) is 11.3 Å². The fourth-order valence-electron chi connectivity index (χ4n) is 1.56. The van der Waals surface area contributed by atoms with Crippen molar-refractivity contribution in [2.45, 2.75) is 18.8 Å². The highest BCUT2D eigenvalue weighted by Crippen LogP contribution is 2.33. The zero-order valence-corrected chi connectivity index (χ0v) is 9.72. The SMILES string of the molecule is C=CCC(C)(C(=O)Cl)c1ccc(N)cc1F. The van der Waals surface area contributed by atoms with Gasteiger partial charge in [0.2, 0.25) is 5.24 Å². The summed E-state index contributed by atoms with van der Waals surface area (Å²) in [5.74, 6) is -0.529. The molecule has 1 rings (SSSR count). The molecular weight excluding hydrogens is 229 g/mol. The van der Waals surface area contributed by atoms with Gasteiger partial charge in [-0.3, -0.25) is 4.79 Å². The van der Waals surface area contributed by atoms with Gasteiger partial charge in [-0.15, -0.1) is 6.58 Å². The van der Waals surface area contributed by atoms with Crippen LogP contribution in [-0.2, 0) is 10.2 Å². The maximum atomic E-state index is 13.7. The molecule has 1 atom stereocenters. The van der Waals surface area contributed by atoms with E-state index < -0.39 is 16.5 Å². The van der Waals surface area contributed by atoms with Crippen LogP contribution in [0.25, 0.3) is 0 Å². The van der Waals surface area contributed by atoms with E-state index in [1.807, 2.05) is 0 Å². The first-order chi connectivity index (χ1) is 7.41. The molecule has 1 aromatic carbocycles. The van der Waals surface area contributed by atoms with E-state index in [1.54, 1.807) is 13.0 Å². The van der Waals surface area contributed by atoms with Crippen LogP contribution >= 0.6 is 11.6 Å². The van der Waals surface area contributed by atoms with Gasteiger partial charge in [0.1, 0.15) is 5.82 Å². The number of rotatable bonds is 4. The van der Waals surface area contributed by atoms with Crippen LogP contribution in [0, 0.1) is 5.82 Å². The number of nitrogens with two attached hydrogens (primary N) is 1. The number of anilines is 1. The molecule has 1 unspecified atom stereocenters. The molecule has 86 valence electrons. The molecule has 0 aliphatic heterocycles. The predicted octanol–water partition coefficient (Wildman–Crippen LogP) is 3.01. The van der Waals surface area contributed by atoms with Gasteiger partial charge >= 0.3 is 0 Å². The fourth-order valence-corrected chi connectivity index (χ4v) is 1.74. The summed E-state index contributed by atoms with van der Waals surface area (Å²) in [5, 5.41) is -0.615. The number of nitrogen functional groups attached to an aromatic ring is 1. The molecule has 0 spiro atoms. The average molecular weight is 242 g/mol. The van der Waals surface area contributed by atoms with Crippen LogP contribution in [0.15, 0.2) is 30.9 Å². The zero-order chi connectivity index (χ0) is 12.3. The maximum absolute atomic E-state index is 13.7. The molecule has 2 N–H and O–H groups in total. The Balaban J connectivity index is 3.31. The van der Waals surface area contributed by atoms with Crippen LogP contribution < -0.4 is 5.73 Å². The molecule has 0 aliphatic carbocycles. The second kappa shape index (κ2) is 4.66. The van der Waals surface area contributed by atoms with Crippen molar-refractivity contribution in [2.24, 2.45) is 0 Å². The molecule has 0 bridgehead atoms. The highest BCUT2D eigenvalue weighted by atomic mass is 35.5. The summed E-state index contributed by atoms with van der Waals surface area (Å²) >= 11 is 5.53. The van der Waals surface area contributed by atoms with Crippen molar-refractivity contribution < 1.29 is 9.18 Å². The third-order valence-corrected chi connectivity index (χ3v) is 2.99. The van der Waals surface area contributed by atoms with Gasteiger partial charge in [0.15, 0.2) is 0 Å². The van der Waals surface area contributed by atoms with E-state index in [0.717, 1.165) is 0 Å². The highest BCUT2D eigenvalue weighted by Gasteiger charge is 2.35. The molecule has 0 saturated heterocycles. The molecule has 0 saturated carbocycles. The lowest BCUT2D eigenvalue weighted by molar-refractivity contribution is -0.116. The Morgan fingerprint density at radius 2 is 2.31 bits per heavy atom. The predicted molar refractivity (Wildman–Crippen MR) is 63.8 cm³/mol. The molecule has 1 aromatic rings. The molecule has 0 heterocycles. The molecule has 0 aromatic heterocycles. The van der Waals surface area contributed by atoms with E-state index in [9.17, 15) is 9.18 Å². The van der Waals surface area contributed by atoms with E-state index >= 15 is 0 Å². The number of benzene rings is 1. The first-order valence-corrected chi connectivity index (χ1v) is 5.16. The van der Waals surface area contributed by atoms with Gasteiger partial charge in [0.05, 0.1) is 5.41 Å². The van der Waals surface area contributed by atoms with Crippen molar-refractivity contribution in [3.8, 4) is 0 Å². The number of carbonyl (C=O) groups excluding carboxylic acids is 1. The van der Waals surface area contributed by atoms with E-state index in [-0.39, 0.29) is 12.0 Å². The van der Waals surface area contributed by atoms with E-state index in [4.69, 9.17) is 17.3 Å². The van der Waals surface area contributed by atoms with Crippen LogP contribution in [-0.4, -0.2) is 5.24 Å². The third-order valence-electron chi connectivity index (χ3n) is 2.57. The van der Waals surface area contributed by atoms with E-state index in [1.165, 1.54) is 18.2 Å². The minimum Gasteiger partial charge on any atom is -0.399 e. The first kappa shape index (κ1) is 12.7. The molecule has 0 radical (unpaired) electrons. The van der Waals surface area contributed by atoms with Crippen LogP contribution in [0.5, 0.6) is 0 Å². The van der Waals surface area contributed by atoms with Crippen LogP contribution in [0.3, 0.4) is 0 Å². The summed E-state index contributed by atoms with van der Waals surface area (Å²) < 4.78 is 13.7. The largest absolute Gasteiger partial charge is 0.399 e. The third kappa shape index (κ3) is 2.25. The van der Waals surface area contributed by atoms with Crippen molar-refractivity contribution in [3.63, 3.8) is 0 Å². The first-order valence-electron chi connectivity index (χ1n) is 4.78. The number of hydrogen-bond acceptors (Lipinski definition) is 2. The molecule has 0 amide bonds. The lowest BCUT2D eigenvalue weighted by atomic mass is 9.80. The maximum Gasteiger partial charge on any atom is 0.232 e. The number of allylic oxidation sites excluding steroid dienone is 1. The summed E-state index contributed by atoms with van der Waals surface area (Å²) in [7, 11) is 0. The number of carbonyl (C=O) groups is 1. The average Bonchev–Trinajstić information content (AvgIpc) is 2.17. The Morgan fingerprint density at radius 3 is 2.75 bits per heavy atom. The Hall–Kier alpha value is -1.35. The van der Waals surface area contributed by atoms with Crippen molar-refractivity contribution in [2.75, 3.05) is 5.73 Å². The van der Waals surface area contributed by atoms with Gasteiger partial charge < -0.3 is 5.73 Å². The summed E-state index contributed by atoms with van der Waals surface area (Å²) in [6.07, 6.45) is 1.81. The molecule has 0 fully saturated rings. The van der Waals surface area contributed by atoms with Crippen molar-refractivity contribution in [1.29, 1.82) is 0 Å². The minimum atomic E-state index is -1.10. The number of hydrogen-bond donors (Lipinski definition) is 1. The fraction of sp³-hybridized carbons (Fsp3) is 0.250. The standard InChI is InChI=1S/C12H13ClFNO/c1-3-6-12(2,11(13)16)9-5-4-8(15)7-10(9)14/h3-5,7H,1,6,15H2,2H3. The molecule has 0 aliphatic rings. The molecule has 4 heteroatoms. The van der Waals surface area contributed by atoms with Gasteiger partial charge in [-0.25, -0.2) is 4.39 Å². The minimum absolute atomic E-state index is 0.238. The zero-order valence-electron chi connectivity index (χ0n) is 8.97. The second-order valence-electron chi connectivity index (χ2n) is 3.84. The van der Waals surface area contributed by atoms with Crippen molar-refractivity contribution in [3.05, 3.63) is 42.2 Å². The lowest BCUT2D eigenvalue weighted by Gasteiger charge is -2.24. The summed E-state index contributed by atoms with van der Waals surface area (Å²) in [5.41, 5.74) is 4.89. The molecule has 2 nitrogen and oxygen atoms in total. The summed E-state index contributed by atoms with van der Waals surface area (Å²) in [4.78, 5) is 11.4. The van der Waals surface area contributed by atoms with Crippen LogP contribution in [0.2, 0.25) is 0 Å². The Morgan fingerprint density at radius 1 is 1.69 bits per heavy atom. The summed E-state index contributed by atoms with van der Waals surface area (Å²) in [6.45, 7) is 5.12. The van der Waals surface area contributed by atoms with Crippen molar-refractivity contribution >= 4 is 22.5 Å². The highest BCUT2D eigenvalue weighted by molar-refractivity contribution is 6.65. The van der Waals surface area contributed by atoms with E-state index in [2.05, 4.69) is 6.58 Å². The Labute approximate surface area is 98.9 Å². The van der Waals surface area contributed by atoms with Gasteiger partial charge in [0.25, 0.3) is 0 Å². The monoisotopic (exact) mass is 241 g/mol. The van der Waals surface area contributed by atoms with E-state index in [0.29, 0.717) is 5.69 Å². The van der Waals surface area contributed by atoms with Gasteiger partial charge in [-0.05, 0) is 37.1 Å². The number of halogens is 2. The lowest BCUT2D eigenvalue weighted by Crippen LogP contribution is -2.29. The Kier molecular flexibility index (Phi) is 3.70. The van der Waals surface area contributed by atoms with Crippen molar-refractivity contribution in [1.82, 2.24) is 0 Å². The van der Waals surface area contributed by atoms with Gasteiger partial charge in [-0.1, -0.05) is 12.1 Å². The topological polar surface area (TPSA) is 43.1 Å². The molecule has 16 heavy (non-hydrogen) atoms.